The van der Waals surface area contributed by atoms with Crippen molar-refractivity contribution in [2.45, 2.75) is 45.1 Å². The van der Waals surface area contributed by atoms with Gasteiger partial charge in [0.25, 0.3) is 0 Å². The van der Waals surface area contributed by atoms with Gasteiger partial charge in [0, 0.05) is 44.0 Å². The van der Waals surface area contributed by atoms with Crippen LogP contribution in [0.4, 0.5) is 11.8 Å². The fourth-order valence-electron chi connectivity index (χ4n) is 3.03. The molecule has 0 saturated carbocycles. The third kappa shape index (κ3) is 4.26. The molecular formula is C18H25BrN6. The first-order valence-electron chi connectivity index (χ1n) is 8.64. The fourth-order valence-corrected chi connectivity index (χ4v) is 3.23. The SMILES string of the molecule is CN(c1ncc(Br)cn1)C1CCN(c2ccc(C(C)(C)C)nn2)CC1. The first-order valence-corrected chi connectivity index (χ1v) is 9.43. The first kappa shape index (κ1) is 18.0. The van der Waals surface area contributed by atoms with E-state index in [2.05, 4.69) is 85.8 Å². The van der Waals surface area contributed by atoms with Crippen molar-refractivity contribution in [2.24, 2.45) is 0 Å². The number of rotatable bonds is 3. The monoisotopic (exact) mass is 404 g/mol. The van der Waals surface area contributed by atoms with Gasteiger partial charge in [-0.05, 0) is 40.9 Å². The lowest BCUT2D eigenvalue weighted by molar-refractivity contribution is 0.473. The van der Waals surface area contributed by atoms with Gasteiger partial charge < -0.3 is 9.80 Å². The largest absolute Gasteiger partial charge is 0.355 e. The smallest absolute Gasteiger partial charge is 0.225 e. The number of hydrogen-bond donors (Lipinski definition) is 0. The van der Waals surface area contributed by atoms with E-state index in [9.17, 15) is 0 Å². The van der Waals surface area contributed by atoms with Crippen LogP contribution in [0.15, 0.2) is 29.0 Å². The zero-order chi connectivity index (χ0) is 18.0. The molecule has 0 amide bonds. The average Bonchev–Trinajstić information content (AvgIpc) is 2.61. The number of halogens is 1. The molecule has 0 bridgehead atoms. The molecule has 0 unspecified atom stereocenters. The van der Waals surface area contributed by atoms with Crippen LogP contribution in [0.25, 0.3) is 0 Å². The summed E-state index contributed by atoms with van der Waals surface area (Å²) in [6.07, 6.45) is 5.69. The summed E-state index contributed by atoms with van der Waals surface area (Å²) in [5, 5.41) is 8.85. The second-order valence-corrected chi connectivity index (χ2v) is 8.47. The number of nitrogens with zero attached hydrogens (tertiary/aromatic N) is 6. The van der Waals surface area contributed by atoms with E-state index < -0.39 is 0 Å². The summed E-state index contributed by atoms with van der Waals surface area (Å²) in [6, 6.07) is 4.63. The van der Waals surface area contributed by atoms with Crippen LogP contribution in [0.5, 0.6) is 0 Å². The molecule has 2 aromatic heterocycles. The summed E-state index contributed by atoms with van der Waals surface area (Å²) in [5.41, 5.74) is 1.06. The molecule has 1 aliphatic heterocycles. The highest BCUT2D eigenvalue weighted by Gasteiger charge is 2.25. The zero-order valence-corrected chi connectivity index (χ0v) is 16.9. The lowest BCUT2D eigenvalue weighted by atomic mass is 9.92. The van der Waals surface area contributed by atoms with E-state index in [1.54, 1.807) is 12.4 Å². The van der Waals surface area contributed by atoms with E-state index in [-0.39, 0.29) is 5.41 Å². The minimum absolute atomic E-state index is 0.0336. The Morgan fingerprint density at radius 3 is 2.24 bits per heavy atom. The van der Waals surface area contributed by atoms with Crippen molar-refractivity contribution < 1.29 is 0 Å². The highest BCUT2D eigenvalue weighted by Crippen LogP contribution is 2.24. The Morgan fingerprint density at radius 1 is 1.08 bits per heavy atom. The summed E-state index contributed by atoms with van der Waals surface area (Å²) in [4.78, 5) is 13.3. The predicted molar refractivity (Wildman–Crippen MR) is 104 cm³/mol. The minimum Gasteiger partial charge on any atom is -0.355 e. The third-order valence-corrected chi connectivity index (χ3v) is 5.09. The molecule has 1 aliphatic rings. The van der Waals surface area contributed by atoms with Crippen LogP contribution < -0.4 is 9.80 Å². The van der Waals surface area contributed by atoms with Crippen LogP contribution >= 0.6 is 15.9 Å². The van der Waals surface area contributed by atoms with E-state index in [0.29, 0.717) is 6.04 Å². The summed E-state index contributed by atoms with van der Waals surface area (Å²) < 4.78 is 0.900. The molecule has 134 valence electrons. The molecule has 0 N–H and O–H groups in total. The van der Waals surface area contributed by atoms with Crippen molar-refractivity contribution in [3.05, 3.63) is 34.7 Å². The summed E-state index contributed by atoms with van der Waals surface area (Å²) in [5.74, 6) is 1.74. The molecule has 0 aromatic carbocycles. The molecular weight excluding hydrogens is 380 g/mol. The Morgan fingerprint density at radius 2 is 1.72 bits per heavy atom. The topological polar surface area (TPSA) is 58.0 Å². The minimum atomic E-state index is 0.0336. The van der Waals surface area contributed by atoms with Crippen molar-refractivity contribution >= 4 is 27.7 Å². The van der Waals surface area contributed by atoms with Gasteiger partial charge in [-0.15, -0.1) is 5.10 Å². The summed E-state index contributed by atoms with van der Waals surface area (Å²) >= 11 is 3.38. The van der Waals surface area contributed by atoms with E-state index in [1.807, 2.05) is 0 Å². The molecule has 0 aliphatic carbocycles. The van der Waals surface area contributed by atoms with Gasteiger partial charge in [-0.3, -0.25) is 0 Å². The summed E-state index contributed by atoms with van der Waals surface area (Å²) in [6.45, 7) is 8.40. The van der Waals surface area contributed by atoms with Gasteiger partial charge in [-0.2, -0.15) is 5.10 Å². The van der Waals surface area contributed by atoms with Gasteiger partial charge in [0.15, 0.2) is 5.82 Å². The molecule has 2 aromatic rings. The van der Waals surface area contributed by atoms with E-state index in [4.69, 9.17) is 0 Å². The molecule has 3 heterocycles. The third-order valence-electron chi connectivity index (χ3n) is 4.68. The molecule has 6 nitrogen and oxygen atoms in total. The van der Waals surface area contributed by atoms with Crippen molar-refractivity contribution in [2.75, 3.05) is 29.9 Å². The fraction of sp³-hybridized carbons (Fsp3) is 0.556. The van der Waals surface area contributed by atoms with Gasteiger partial charge >= 0.3 is 0 Å². The second kappa shape index (κ2) is 7.23. The average molecular weight is 405 g/mol. The number of hydrogen-bond acceptors (Lipinski definition) is 6. The van der Waals surface area contributed by atoms with Gasteiger partial charge in [0.05, 0.1) is 10.2 Å². The lowest BCUT2D eigenvalue weighted by Crippen LogP contribution is -2.44. The molecule has 0 atom stereocenters. The highest BCUT2D eigenvalue weighted by molar-refractivity contribution is 9.10. The van der Waals surface area contributed by atoms with Crippen LogP contribution in [0.1, 0.15) is 39.3 Å². The highest BCUT2D eigenvalue weighted by atomic mass is 79.9. The maximum absolute atomic E-state index is 4.44. The molecule has 7 heteroatoms. The maximum Gasteiger partial charge on any atom is 0.225 e. The van der Waals surface area contributed by atoms with Crippen LogP contribution in [-0.2, 0) is 5.41 Å². The Labute approximate surface area is 157 Å². The predicted octanol–water partition coefficient (Wildman–Crippen LogP) is 3.43. The molecule has 3 rings (SSSR count). The zero-order valence-electron chi connectivity index (χ0n) is 15.3. The van der Waals surface area contributed by atoms with Crippen molar-refractivity contribution in [3.8, 4) is 0 Å². The normalized spacial score (nSPS) is 16.1. The van der Waals surface area contributed by atoms with E-state index >= 15 is 0 Å². The second-order valence-electron chi connectivity index (χ2n) is 7.56. The van der Waals surface area contributed by atoms with Gasteiger partial charge in [0.2, 0.25) is 5.95 Å². The van der Waals surface area contributed by atoms with Crippen LogP contribution in [-0.4, -0.2) is 46.3 Å². The number of aromatic nitrogens is 4. The van der Waals surface area contributed by atoms with Gasteiger partial charge in [-0.25, -0.2) is 9.97 Å². The van der Waals surface area contributed by atoms with Crippen molar-refractivity contribution in [1.82, 2.24) is 20.2 Å². The van der Waals surface area contributed by atoms with Crippen LogP contribution in [0.3, 0.4) is 0 Å². The molecule has 0 spiro atoms. The van der Waals surface area contributed by atoms with E-state index in [0.717, 1.165) is 47.9 Å². The van der Waals surface area contributed by atoms with Crippen LogP contribution in [0.2, 0.25) is 0 Å². The van der Waals surface area contributed by atoms with Crippen molar-refractivity contribution in [3.63, 3.8) is 0 Å². The first-order chi connectivity index (χ1) is 11.8. The lowest BCUT2D eigenvalue weighted by Gasteiger charge is -2.37. The Hall–Kier alpha value is -1.76. The van der Waals surface area contributed by atoms with Crippen molar-refractivity contribution in [1.29, 1.82) is 0 Å². The Bertz CT molecular complexity index is 687. The molecule has 1 fully saturated rings. The molecule has 25 heavy (non-hydrogen) atoms. The van der Waals surface area contributed by atoms with Crippen LogP contribution in [0, 0.1) is 0 Å². The molecule has 0 radical (unpaired) electrons. The Balaban J connectivity index is 1.60. The van der Waals surface area contributed by atoms with E-state index in [1.165, 1.54) is 0 Å². The molecule has 1 saturated heterocycles. The Kier molecular flexibility index (Phi) is 5.22. The number of piperidine rings is 1. The summed E-state index contributed by atoms with van der Waals surface area (Å²) in [7, 11) is 2.07. The number of anilines is 2. The van der Waals surface area contributed by atoms with Gasteiger partial charge in [0.1, 0.15) is 0 Å². The maximum atomic E-state index is 4.44. The van der Waals surface area contributed by atoms with Gasteiger partial charge in [-0.1, -0.05) is 20.8 Å². The standard InChI is InChI=1S/C18H25BrN6/c1-18(2,3)15-5-6-16(23-22-15)25-9-7-14(8-10-25)24(4)17-20-11-13(19)12-21-17/h5-6,11-12,14H,7-10H2,1-4H3. The quantitative estimate of drug-likeness (QED) is 0.780.